The Morgan fingerprint density at radius 3 is 3.00 bits per heavy atom. The van der Waals surface area contributed by atoms with Gasteiger partial charge in [-0.25, -0.2) is 4.98 Å². The average molecular weight is 316 g/mol. The van der Waals surface area contributed by atoms with Crippen LogP contribution in [0.15, 0.2) is 29.8 Å². The van der Waals surface area contributed by atoms with E-state index in [2.05, 4.69) is 44.6 Å². The lowest BCUT2D eigenvalue weighted by atomic mass is 10.1. The standard InChI is InChI=1S/C17H24N4S/c1-14-13-22-17(20-14)12-21(11-15-5-2-3-9-19-15)16-6-4-8-18-10-7-16/h2-3,5,9,13,16,18H,4,6-8,10-12H2,1H3. The van der Waals surface area contributed by atoms with Crippen LogP contribution in [0, 0.1) is 6.92 Å². The van der Waals surface area contributed by atoms with Gasteiger partial charge in [0.1, 0.15) is 5.01 Å². The Hall–Kier alpha value is -1.30. The maximum atomic E-state index is 4.65. The Bertz CT molecular complexity index is 561. The summed E-state index contributed by atoms with van der Waals surface area (Å²) in [6.07, 6.45) is 5.59. The lowest BCUT2D eigenvalue weighted by Crippen LogP contribution is -2.35. The zero-order chi connectivity index (χ0) is 15.2. The molecule has 22 heavy (non-hydrogen) atoms. The Labute approximate surface area is 136 Å². The van der Waals surface area contributed by atoms with E-state index in [4.69, 9.17) is 0 Å². The average Bonchev–Trinajstić information content (AvgIpc) is 2.78. The minimum atomic E-state index is 0.612. The van der Waals surface area contributed by atoms with Gasteiger partial charge in [0.2, 0.25) is 0 Å². The van der Waals surface area contributed by atoms with Crippen LogP contribution in [0.2, 0.25) is 0 Å². The molecule has 0 saturated carbocycles. The smallest absolute Gasteiger partial charge is 0.107 e. The molecule has 1 aliphatic rings. The van der Waals surface area contributed by atoms with Crippen LogP contribution in [-0.2, 0) is 13.1 Å². The normalized spacial score (nSPS) is 19.3. The van der Waals surface area contributed by atoms with Crippen molar-refractivity contribution in [3.05, 3.63) is 46.2 Å². The van der Waals surface area contributed by atoms with E-state index in [1.807, 2.05) is 12.3 Å². The lowest BCUT2D eigenvalue weighted by Gasteiger charge is -2.30. The maximum Gasteiger partial charge on any atom is 0.107 e. The molecule has 5 heteroatoms. The second-order valence-electron chi connectivity index (χ2n) is 5.94. The number of hydrogen-bond donors (Lipinski definition) is 1. The summed E-state index contributed by atoms with van der Waals surface area (Å²) in [5.74, 6) is 0. The molecular weight excluding hydrogens is 292 g/mol. The first-order valence-electron chi connectivity index (χ1n) is 8.07. The number of nitrogens with one attached hydrogen (secondary N) is 1. The van der Waals surface area contributed by atoms with Gasteiger partial charge < -0.3 is 5.32 Å². The van der Waals surface area contributed by atoms with E-state index in [9.17, 15) is 0 Å². The molecule has 0 radical (unpaired) electrons. The van der Waals surface area contributed by atoms with E-state index < -0.39 is 0 Å². The maximum absolute atomic E-state index is 4.65. The molecule has 3 heterocycles. The fourth-order valence-corrected chi connectivity index (χ4v) is 3.83. The summed E-state index contributed by atoms with van der Waals surface area (Å²) >= 11 is 1.77. The van der Waals surface area contributed by atoms with Gasteiger partial charge >= 0.3 is 0 Å². The summed E-state index contributed by atoms with van der Waals surface area (Å²) in [4.78, 5) is 11.7. The number of aryl methyl sites for hydroxylation is 1. The summed E-state index contributed by atoms with van der Waals surface area (Å²) < 4.78 is 0. The highest BCUT2D eigenvalue weighted by molar-refractivity contribution is 7.09. The lowest BCUT2D eigenvalue weighted by molar-refractivity contribution is 0.162. The number of thiazole rings is 1. The zero-order valence-corrected chi connectivity index (χ0v) is 14.0. The SMILES string of the molecule is Cc1csc(CN(Cc2ccccn2)C2CCCNCC2)n1. The summed E-state index contributed by atoms with van der Waals surface area (Å²) in [5.41, 5.74) is 2.27. The minimum absolute atomic E-state index is 0.612. The first-order chi connectivity index (χ1) is 10.8. The third-order valence-corrected chi connectivity index (χ3v) is 5.11. The van der Waals surface area contributed by atoms with Crippen LogP contribution in [0.5, 0.6) is 0 Å². The van der Waals surface area contributed by atoms with Crippen molar-refractivity contribution < 1.29 is 0 Å². The van der Waals surface area contributed by atoms with Gasteiger partial charge in [0.05, 0.1) is 12.2 Å². The number of hydrogen-bond acceptors (Lipinski definition) is 5. The van der Waals surface area contributed by atoms with Gasteiger partial charge in [-0.2, -0.15) is 0 Å². The molecule has 1 unspecified atom stereocenters. The largest absolute Gasteiger partial charge is 0.317 e. The Kier molecular flexibility index (Phi) is 5.53. The molecule has 4 nitrogen and oxygen atoms in total. The molecule has 0 aromatic carbocycles. The second kappa shape index (κ2) is 7.81. The molecule has 1 aliphatic heterocycles. The van der Waals surface area contributed by atoms with E-state index in [0.29, 0.717) is 6.04 Å². The van der Waals surface area contributed by atoms with Gasteiger partial charge in [0, 0.05) is 29.9 Å². The topological polar surface area (TPSA) is 41.1 Å². The van der Waals surface area contributed by atoms with Crippen molar-refractivity contribution in [1.82, 2.24) is 20.2 Å². The van der Waals surface area contributed by atoms with Crippen molar-refractivity contribution in [1.29, 1.82) is 0 Å². The molecule has 1 saturated heterocycles. The van der Waals surface area contributed by atoms with Crippen LogP contribution in [0.3, 0.4) is 0 Å². The van der Waals surface area contributed by atoms with E-state index in [-0.39, 0.29) is 0 Å². The van der Waals surface area contributed by atoms with Gasteiger partial charge in [0.15, 0.2) is 0 Å². The Morgan fingerprint density at radius 2 is 2.23 bits per heavy atom. The van der Waals surface area contributed by atoms with Gasteiger partial charge in [0.25, 0.3) is 0 Å². The molecule has 3 rings (SSSR count). The molecule has 0 amide bonds. The van der Waals surface area contributed by atoms with E-state index in [1.165, 1.54) is 24.3 Å². The first kappa shape index (κ1) is 15.6. The number of aromatic nitrogens is 2. The second-order valence-corrected chi connectivity index (χ2v) is 6.89. The molecule has 1 fully saturated rings. The van der Waals surface area contributed by atoms with E-state index in [0.717, 1.165) is 37.6 Å². The Morgan fingerprint density at radius 1 is 1.27 bits per heavy atom. The molecule has 2 aromatic rings. The highest BCUT2D eigenvalue weighted by atomic mass is 32.1. The summed E-state index contributed by atoms with van der Waals surface area (Å²) in [5, 5.41) is 6.86. The summed E-state index contributed by atoms with van der Waals surface area (Å²) in [6, 6.07) is 6.78. The molecule has 1 N–H and O–H groups in total. The quantitative estimate of drug-likeness (QED) is 0.921. The van der Waals surface area contributed by atoms with Gasteiger partial charge in [-0.05, 0) is 51.4 Å². The number of nitrogens with zero attached hydrogens (tertiary/aromatic N) is 3. The van der Waals surface area contributed by atoms with Crippen LogP contribution in [0.25, 0.3) is 0 Å². The highest BCUT2D eigenvalue weighted by Gasteiger charge is 2.21. The van der Waals surface area contributed by atoms with Gasteiger partial charge in [-0.1, -0.05) is 6.07 Å². The fraction of sp³-hybridized carbons (Fsp3) is 0.529. The van der Waals surface area contributed by atoms with Crippen molar-refractivity contribution in [2.45, 2.75) is 45.3 Å². The van der Waals surface area contributed by atoms with Crippen molar-refractivity contribution in [2.24, 2.45) is 0 Å². The predicted octanol–water partition coefficient (Wildman–Crippen LogP) is 2.99. The molecule has 0 spiro atoms. The molecule has 0 aliphatic carbocycles. The van der Waals surface area contributed by atoms with E-state index >= 15 is 0 Å². The first-order valence-corrected chi connectivity index (χ1v) is 8.95. The molecule has 0 bridgehead atoms. The summed E-state index contributed by atoms with van der Waals surface area (Å²) in [7, 11) is 0. The van der Waals surface area contributed by atoms with Gasteiger partial charge in [-0.15, -0.1) is 11.3 Å². The van der Waals surface area contributed by atoms with Crippen molar-refractivity contribution in [2.75, 3.05) is 13.1 Å². The van der Waals surface area contributed by atoms with Gasteiger partial charge in [-0.3, -0.25) is 9.88 Å². The zero-order valence-electron chi connectivity index (χ0n) is 13.2. The van der Waals surface area contributed by atoms with Crippen molar-refractivity contribution in [3.63, 3.8) is 0 Å². The Balaban J connectivity index is 1.74. The molecule has 118 valence electrons. The third kappa shape index (κ3) is 4.35. The van der Waals surface area contributed by atoms with Crippen LogP contribution in [-0.4, -0.2) is 34.0 Å². The third-order valence-electron chi connectivity index (χ3n) is 4.16. The molecule has 2 aromatic heterocycles. The monoisotopic (exact) mass is 316 g/mol. The van der Waals surface area contributed by atoms with Crippen LogP contribution >= 0.6 is 11.3 Å². The van der Waals surface area contributed by atoms with Crippen LogP contribution in [0.4, 0.5) is 0 Å². The van der Waals surface area contributed by atoms with Crippen molar-refractivity contribution in [3.8, 4) is 0 Å². The van der Waals surface area contributed by atoms with Crippen LogP contribution < -0.4 is 5.32 Å². The number of rotatable bonds is 5. The number of pyridine rings is 1. The predicted molar refractivity (Wildman–Crippen MR) is 90.8 cm³/mol. The van der Waals surface area contributed by atoms with Crippen LogP contribution in [0.1, 0.15) is 35.7 Å². The molecular formula is C17H24N4S. The van der Waals surface area contributed by atoms with E-state index in [1.54, 1.807) is 11.3 Å². The summed E-state index contributed by atoms with van der Waals surface area (Å²) in [6.45, 7) is 6.16. The molecule has 1 atom stereocenters. The fourth-order valence-electron chi connectivity index (χ4n) is 3.03. The highest BCUT2D eigenvalue weighted by Crippen LogP contribution is 2.20. The minimum Gasteiger partial charge on any atom is -0.317 e. The van der Waals surface area contributed by atoms with Crippen molar-refractivity contribution >= 4 is 11.3 Å².